The van der Waals surface area contributed by atoms with Crippen LogP contribution in [0.2, 0.25) is 0 Å². The third kappa shape index (κ3) is 4.30. The fraction of sp³-hybridized carbons (Fsp3) is 0.0909. The monoisotopic (exact) mass is 386 g/mol. The summed E-state index contributed by atoms with van der Waals surface area (Å²) in [6.07, 6.45) is 0.768. The molecule has 0 bridgehead atoms. The highest BCUT2D eigenvalue weighted by Crippen LogP contribution is 2.31. The highest BCUT2D eigenvalue weighted by atomic mass is 16.6. The summed E-state index contributed by atoms with van der Waals surface area (Å²) < 4.78 is 5.31. The van der Waals surface area contributed by atoms with E-state index in [1.54, 1.807) is 12.1 Å². The van der Waals surface area contributed by atoms with Gasteiger partial charge in [0.25, 0.3) is 11.6 Å². The van der Waals surface area contributed by atoms with Crippen LogP contribution >= 0.6 is 0 Å². The van der Waals surface area contributed by atoms with Crippen molar-refractivity contribution in [3.05, 3.63) is 94.5 Å². The molecule has 0 fully saturated rings. The topological polar surface area (TPSA) is 94.1 Å². The van der Waals surface area contributed by atoms with Gasteiger partial charge in [0.1, 0.15) is 5.69 Å². The van der Waals surface area contributed by atoms with Crippen LogP contribution in [0.15, 0.2) is 83.4 Å². The minimum absolute atomic E-state index is 0.0324. The standard InChI is InChI=1S/C22H18N4O3/c27-26(28)20-15-18(22-24-21(25-29-22)17-9-5-2-6-10-17)11-12-19(20)23-14-13-16-7-3-1-4-8-16/h1-12,15,23H,13-14H2. The average molecular weight is 386 g/mol. The van der Waals surface area contributed by atoms with Crippen molar-refractivity contribution in [3.63, 3.8) is 0 Å². The fourth-order valence-corrected chi connectivity index (χ4v) is 3.00. The number of hydrogen-bond donors (Lipinski definition) is 1. The molecule has 1 heterocycles. The van der Waals surface area contributed by atoms with Gasteiger partial charge in [0.05, 0.1) is 4.92 Å². The summed E-state index contributed by atoms with van der Waals surface area (Å²) in [7, 11) is 0. The molecule has 4 aromatic rings. The normalized spacial score (nSPS) is 10.6. The molecule has 3 aromatic carbocycles. The van der Waals surface area contributed by atoms with E-state index in [0.29, 0.717) is 23.6 Å². The molecule has 0 aliphatic heterocycles. The smallest absolute Gasteiger partial charge is 0.293 e. The van der Waals surface area contributed by atoms with Gasteiger partial charge in [0, 0.05) is 23.7 Å². The molecule has 0 aliphatic rings. The van der Waals surface area contributed by atoms with Gasteiger partial charge in [0.2, 0.25) is 5.82 Å². The number of nitro benzene ring substituents is 1. The molecular weight excluding hydrogens is 368 g/mol. The number of benzene rings is 3. The second-order valence-corrected chi connectivity index (χ2v) is 6.44. The molecule has 0 saturated carbocycles. The van der Waals surface area contributed by atoms with Crippen molar-refractivity contribution in [2.45, 2.75) is 6.42 Å². The lowest BCUT2D eigenvalue weighted by Gasteiger charge is -2.08. The van der Waals surface area contributed by atoms with E-state index in [1.165, 1.54) is 11.6 Å². The van der Waals surface area contributed by atoms with Gasteiger partial charge in [-0.25, -0.2) is 0 Å². The van der Waals surface area contributed by atoms with Gasteiger partial charge < -0.3 is 9.84 Å². The third-order valence-electron chi connectivity index (χ3n) is 4.47. The first-order chi connectivity index (χ1) is 14.2. The first-order valence-electron chi connectivity index (χ1n) is 9.16. The molecule has 1 N–H and O–H groups in total. The minimum Gasteiger partial charge on any atom is -0.379 e. The highest BCUT2D eigenvalue weighted by molar-refractivity contribution is 5.70. The zero-order chi connectivity index (χ0) is 20.1. The van der Waals surface area contributed by atoms with E-state index in [-0.39, 0.29) is 11.6 Å². The van der Waals surface area contributed by atoms with Crippen molar-refractivity contribution in [1.82, 2.24) is 10.1 Å². The number of nitrogens with one attached hydrogen (secondary N) is 1. The lowest BCUT2D eigenvalue weighted by Crippen LogP contribution is -2.07. The van der Waals surface area contributed by atoms with Crippen LogP contribution in [0.25, 0.3) is 22.8 Å². The molecule has 0 radical (unpaired) electrons. The Hall–Kier alpha value is -4.00. The van der Waals surface area contributed by atoms with E-state index in [2.05, 4.69) is 15.5 Å². The summed E-state index contributed by atoms with van der Waals surface area (Å²) in [5.74, 6) is 0.677. The number of anilines is 1. The maximum atomic E-state index is 11.6. The third-order valence-corrected chi connectivity index (χ3v) is 4.47. The SMILES string of the molecule is O=[N+]([O-])c1cc(-c2nc(-c3ccccc3)no2)ccc1NCCc1ccccc1. The molecule has 29 heavy (non-hydrogen) atoms. The first kappa shape index (κ1) is 18.4. The summed E-state index contributed by atoms with van der Waals surface area (Å²) in [5, 5.41) is 18.7. The molecule has 144 valence electrons. The van der Waals surface area contributed by atoms with Crippen LogP contribution in [-0.4, -0.2) is 21.6 Å². The van der Waals surface area contributed by atoms with E-state index < -0.39 is 4.92 Å². The van der Waals surface area contributed by atoms with Crippen molar-refractivity contribution >= 4 is 11.4 Å². The van der Waals surface area contributed by atoms with Gasteiger partial charge in [-0.2, -0.15) is 4.98 Å². The maximum absolute atomic E-state index is 11.6. The van der Waals surface area contributed by atoms with Gasteiger partial charge in [-0.1, -0.05) is 65.8 Å². The summed E-state index contributed by atoms with van der Waals surface area (Å²) in [6.45, 7) is 0.586. The van der Waals surface area contributed by atoms with E-state index in [9.17, 15) is 10.1 Å². The van der Waals surface area contributed by atoms with E-state index in [4.69, 9.17) is 4.52 Å². The second-order valence-electron chi connectivity index (χ2n) is 6.44. The molecule has 0 aliphatic carbocycles. The highest BCUT2D eigenvalue weighted by Gasteiger charge is 2.18. The van der Waals surface area contributed by atoms with Crippen LogP contribution in [0.3, 0.4) is 0 Å². The Morgan fingerprint density at radius 1 is 0.931 bits per heavy atom. The molecule has 0 unspecified atom stereocenters. The van der Waals surface area contributed by atoms with Gasteiger partial charge in [-0.05, 0) is 24.1 Å². The molecule has 0 saturated heterocycles. The van der Waals surface area contributed by atoms with Gasteiger partial charge in [-0.15, -0.1) is 0 Å². The molecule has 1 aromatic heterocycles. The number of hydrogen-bond acceptors (Lipinski definition) is 6. The van der Waals surface area contributed by atoms with Crippen LogP contribution in [0.5, 0.6) is 0 Å². The van der Waals surface area contributed by atoms with Crippen molar-refractivity contribution in [2.24, 2.45) is 0 Å². The molecule has 0 atom stereocenters. The maximum Gasteiger partial charge on any atom is 0.293 e. The average Bonchev–Trinajstić information content (AvgIpc) is 3.25. The lowest BCUT2D eigenvalue weighted by molar-refractivity contribution is -0.383. The number of aromatic nitrogens is 2. The van der Waals surface area contributed by atoms with Crippen LogP contribution in [0.4, 0.5) is 11.4 Å². The van der Waals surface area contributed by atoms with Crippen molar-refractivity contribution < 1.29 is 9.45 Å². The van der Waals surface area contributed by atoms with Gasteiger partial charge in [0.15, 0.2) is 0 Å². The quantitative estimate of drug-likeness (QED) is 0.356. The van der Waals surface area contributed by atoms with Crippen LogP contribution in [0, 0.1) is 10.1 Å². The second kappa shape index (κ2) is 8.35. The first-order valence-corrected chi connectivity index (χ1v) is 9.16. The predicted octanol–water partition coefficient (Wildman–Crippen LogP) is 4.97. The van der Waals surface area contributed by atoms with Crippen LogP contribution in [0.1, 0.15) is 5.56 Å². The Bertz CT molecular complexity index is 1110. The van der Waals surface area contributed by atoms with E-state index >= 15 is 0 Å². The zero-order valence-corrected chi connectivity index (χ0v) is 15.5. The Kier molecular flexibility index (Phi) is 5.29. The van der Waals surface area contributed by atoms with Crippen molar-refractivity contribution in [3.8, 4) is 22.8 Å². The molecule has 4 rings (SSSR count). The van der Waals surface area contributed by atoms with Crippen molar-refractivity contribution in [2.75, 3.05) is 11.9 Å². The Labute approximate surface area is 167 Å². The predicted molar refractivity (Wildman–Crippen MR) is 110 cm³/mol. The Morgan fingerprint density at radius 3 is 2.38 bits per heavy atom. The van der Waals surface area contributed by atoms with Gasteiger partial charge in [-0.3, -0.25) is 10.1 Å². The molecular formula is C22H18N4O3. The van der Waals surface area contributed by atoms with E-state index in [0.717, 1.165) is 12.0 Å². The van der Waals surface area contributed by atoms with E-state index in [1.807, 2.05) is 60.7 Å². The molecule has 7 nitrogen and oxygen atoms in total. The van der Waals surface area contributed by atoms with Gasteiger partial charge >= 0.3 is 0 Å². The summed E-state index contributed by atoms with van der Waals surface area (Å²) in [6, 6.07) is 24.2. The van der Waals surface area contributed by atoms with Crippen LogP contribution < -0.4 is 5.32 Å². The summed E-state index contributed by atoms with van der Waals surface area (Å²) >= 11 is 0. The summed E-state index contributed by atoms with van der Waals surface area (Å²) in [4.78, 5) is 15.5. The molecule has 0 spiro atoms. The molecule has 0 amide bonds. The van der Waals surface area contributed by atoms with Crippen LogP contribution in [-0.2, 0) is 6.42 Å². The lowest BCUT2D eigenvalue weighted by atomic mass is 10.1. The number of rotatable bonds is 7. The summed E-state index contributed by atoms with van der Waals surface area (Å²) in [5.41, 5.74) is 2.90. The van der Waals surface area contributed by atoms with Crippen molar-refractivity contribution in [1.29, 1.82) is 0 Å². The zero-order valence-electron chi connectivity index (χ0n) is 15.5. The minimum atomic E-state index is -0.414. The number of nitrogens with zero attached hydrogens (tertiary/aromatic N) is 3. The Morgan fingerprint density at radius 2 is 1.66 bits per heavy atom. The largest absolute Gasteiger partial charge is 0.379 e. The molecule has 7 heteroatoms. The number of nitro groups is 1. The fourth-order valence-electron chi connectivity index (χ4n) is 3.00. The Balaban J connectivity index is 1.53.